The van der Waals surface area contributed by atoms with Crippen molar-refractivity contribution in [2.24, 2.45) is 5.92 Å². The van der Waals surface area contributed by atoms with Gasteiger partial charge in [0.1, 0.15) is 0 Å². The fraction of sp³-hybridized carbons (Fsp3) is 0.462. The molecule has 4 heteroatoms. The third kappa shape index (κ3) is 3.13. The van der Waals surface area contributed by atoms with Crippen molar-refractivity contribution in [1.82, 2.24) is 4.90 Å². The van der Waals surface area contributed by atoms with Crippen molar-refractivity contribution in [2.75, 3.05) is 12.8 Å². The molecule has 0 saturated heterocycles. The van der Waals surface area contributed by atoms with E-state index >= 15 is 0 Å². The standard InChI is InChI=1S/C13H19ClN2O/c1-8(2)9(3)16(4)13(17)11-7-10(15)5-6-12(11)14/h5-9H,15H2,1-4H3. The first-order valence-corrected chi connectivity index (χ1v) is 6.04. The zero-order valence-electron chi connectivity index (χ0n) is 10.7. The summed E-state index contributed by atoms with van der Waals surface area (Å²) in [6.07, 6.45) is 0. The third-order valence-corrected chi connectivity index (χ3v) is 3.45. The zero-order valence-corrected chi connectivity index (χ0v) is 11.5. The normalized spacial score (nSPS) is 12.6. The number of nitrogens with zero attached hydrogens (tertiary/aromatic N) is 1. The molecule has 3 nitrogen and oxygen atoms in total. The van der Waals surface area contributed by atoms with Crippen molar-refractivity contribution in [3.05, 3.63) is 28.8 Å². The SMILES string of the molecule is CC(C)C(C)N(C)C(=O)c1cc(N)ccc1Cl. The number of hydrogen-bond donors (Lipinski definition) is 1. The van der Waals surface area contributed by atoms with Gasteiger partial charge in [-0.15, -0.1) is 0 Å². The van der Waals surface area contributed by atoms with Crippen molar-refractivity contribution >= 4 is 23.2 Å². The van der Waals surface area contributed by atoms with Crippen LogP contribution < -0.4 is 5.73 Å². The number of nitrogens with two attached hydrogens (primary N) is 1. The lowest BCUT2D eigenvalue weighted by Crippen LogP contribution is -2.38. The first-order chi connectivity index (χ1) is 7.84. The molecule has 0 aliphatic rings. The average Bonchev–Trinajstić information content (AvgIpc) is 2.29. The lowest BCUT2D eigenvalue weighted by atomic mass is 10.0. The van der Waals surface area contributed by atoms with Crippen LogP contribution in [0.2, 0.25) is 5.02 Å². The van der Waals surface area contributed by atoms with Gasteiger partial charge in [-0.05, 0) is 31.0 Å². The summed E-state index contributed by atoms with van der Waals surface area (Å²) in [6.45, 7) is 6.17. The Morgan fingerprint density at radius 2 is 1.94 bits per heavy atom. The van der Waals surface area contributed by atoms with E-state index in [1.165, 1.54) is 0 Å². The molecule has 0 radical (unpaired) electrons. The maximum absolute atomic E-state index is 12.2. The number of anilines is 1. The molecule has 0 aliphatic heterocycles. The molecule has 0 bridgehead atoms. The maximum Gasteiger partial charge on any atom is 0.255 e. The van der Waals surface area contributed by atoms with Gasteiger partial charge in [-0.2, -0.15) is 0 Å². The van der Waals surface area contributed by atoms with Gasteiger partial charge < -0.3 is 10.6 Å². The summed E-state index contributed by atoms with van der Waals surface area (Å²) in [5, 5.41) is 0.437. The van der Waals surface area contributed by atoms with Gasteiger partial charge in [-0.25, -0.2) is 0 Å². The summed E-state index contributed by atoms with van der Waals surface area (Å²) in [5.41, 5.74) is 6.68. The van der Waals surface area contributed by atoms with Gasteiger partial charge in [0.05, 0.1) is 10.6 Å². The van der Waals surface area contributed by atoms with E-state index in [1.807, 2.05) is 6.92 Å². The quantitative estimate of drug-likeness (QED) is 0.843. The van der Waals surface area contributed by atoms with Crippen LogP contribution in [0.5, 0.6) is 0 Å². The number of carbonyl (C=O) groups is 1. The smallest absolute Gasteiger partial charge is 0.255 e. The van der Waals surface area contributed by atoms with E-state index in [1.54, 1.807) is 30.1 Å². The molecule has 1 aromatic rings. The second-order valence-corrected chi connectivity index (χ2v) is 5.05. The minimum absolute atomic E-state index is 0.0940. The Morgan fingerprint density at radius 3 is 2.47 bits per heavy atom. The van der Waals surface area contributed by atoms with Gasteiger partial charge in [0.15, 0.2) is 0 Å². The van der Waals surface area contributed by atoms with E-state index < -0.39 is 0 Å². The molecule has 0 spiro atoms. The summed E-state index contributed by atoms with van der Waals surface area (Å²) in [7, 11) is 1.78. The highest BCUT2D eigenvalue weighted by atomic mass is 35.5. The lowest BCUT2D eigenvalue weighted by Gasteiger charge is -2.28. The van der Waals surface area contributed by atoms with Crippen molar-refractivity contribution in [2.45, 2.75) is 26.8 Å². The molecular weight excluding hydrogens is 236 g/mol. The Hall–Kier alpha value is -1.22. The predicted molar refractivity (Wildman–Crippen MR) is 72.3 cm³/mol. The molecule has 1 atom stereocenters. The summed E-state index contributed by atoms with van der Waals surface area (Å²) < 4.78 is 0. The number of nitrogen functional groups attached to an aromatic ring is 1. The van der Waals surface area contributed by atoms with Crippen LogP contribution in [0, 0.1) is 5.92 Å². The molecule has 1 aromatic carbocycles. The van der Waals surface area contributed by atoms with Gasteiger partial charge >= 0.3 is 0 Å². The predicted octanol–water partition coefficient (Wildman–Crippen LogP) is 3.04. The number of benzene rings is 1. The van der Waals surface area contributed by atoms with E-state index in [9.17, 15) is 4.79 Å². The first kappa shape index (κ1) is 13.8. The fourth-order valence-corrected chi connectivity index (χ4v) is 1.73. The minimum Gasteiger partial charge on any atom is -0.399 e. The second-order valence-electron chi connectivity index (χ2n) is 4.64. The molecular formula is C13H19ClN2O. The Balaban J connectivity index is 3.00. The van der Waals surface area contributed by atoms with Gasteiger partial charge in [-0.1, -0.05) is 25.4 Å². The van der Waals surface area contributed by atoms with E-state index in [4.69, 9.17) is 17.3 Å². The van der Waals surface area contributed by atoms with Crippen LogP contribution in [0.1, 0.15) is 31.1 Å². The highest BCUT2D eigenvalue weighted by Gasteiger charge is 2.21. The molecule has 1 amide bonds. The van der Waals surface area contributed by atoms with Crippen LogP contribution in [0.15, 0.2) is 18.2 Å². The number of rotatable bonds is 3. The Morgan fingerprint density at radius 1 is 1.35 bits per heavy atom. The van der Waals surface area contributed by atoms with E-state index in [0.717, 1.165) is 0 Å². The second kappa shape index (κ2) is 5.41. The number of amides is 1. The van der Waals surface area contributed by atoms with Crippen molar-refractivity contribution < 1.29 is 4.79 Å². The molecule has 1 rings (SSSR count). The van der Waals surface area contributed by atoms with Crippen LogP contribution in [-0.2, 0) is 0 Å². The van der Waals surface area contributed by atoms with Crippen molar-refractivity contribution in [3.63, 3.8) is 0 Å². The highest BCUT2D eigenvalue weighted by molar-refractivity contribution is 6.34. The maximum atomic E-state index is 12.2. The van der Waals surface area contributed by atoms with Crippen LogP contribution >= 0.6 is 11.6 Å². The molecule has 0 saturated carbocycles. The summed E-state index contributed by atoms with van der Waals surface area (Å²) >= 11 is 6.02. The Labute approximate surface area is 108 Å². The molecule has 1 unspecified atom stereocenters. The molecule has 0 aliphatic carbocycles. The van der Waals surface area contributed by atoms with E-state index in [0.29, 0.717) is 22.2 Å². The third-order valence-electron chi connectivity index (χ3n) is 3.12. The topological polar surface area (TPSA) is 46.3 Å². The molecule has 0 heterocycles. The largest absolute Gasteiger partial charge is 0.399 e. The number of carbonyl (C=O) groups excluding carboxylic acids is 1. The van der Waals surface area contributed by atoms with Gasteiger partial charge in [0.25, 0.3) is 5.91 Å². The van der Waals surface area contributed by atoms with Crippen LogP contribution in [-0.4, -0.2) is 23.9 Å². The fourth-order valence-electron chi connectivity index (χ4n) is 1.53. The van der Waals surface area contributed by atoms with E-state index in [-0.39, 0.29) is 11.9 Å². The van der Waals surface area contributed by atoms with Crippen molar-refractivity contribution in [3.8, 4) is 0 Å². The van der Waals surface area contributed by atoms with Gasteiger partial charge in [0.2, 0.25) is 0 Å². The molecule has 0 aromatic heterocycles. The summed E-state index contributed by atoms with van der Waals surface area (Å²) in [5.74, 6) is 0.298. The van der Waals surface area contributed by atoms with E-state index in [2.05, 4.69) is 13.8 Å². The first-order valence-electron chi connectivity index (χ1n) is 5.66. The summed E-state index contributed by atoms with van der Waals surface area (Å²) in [6, 6.07) is 5.11. The molecule has 17 heavy (non-hydrogen) atoms. The van der Waals surface area contributed by atoms with Gasteiger partial charge in [-0.3, -0.25) is 4.79 Å². The summed E-state index contributed by atoms with van der Waals surface area (Å²) in [4.78, 5) is 13.9. The molecule has 2 N–H and O–H groups in total. The minimum atomic E-state index is -0.0940. The molecule has 94 valence electrons. The Bertz CT molecular complexity index is 418. The monoisotopic (exact) mass is 254 g/mol. The van der Waals surface area contributed by atoms with Crippen molar-refractivity contribution in [1.29, 1.82) is 0 Å². The van der Waals surface area contributed by atoms with Crippen LogP contribution in [0.25, 0.3) is 0 Å². The zero-order chi connectivity index (χ0) is 13.2. The van der Waals surface area contributed by atoms with Gasteiger partial charge in [0, 0.05) is 18.8 Å². The Kier molecular flexibility index (Phi) is 4.40. The number of hydrogen-bond acceptors (Lipinski definition) is 2. The lowest BCUT2D eigenvalue weighted by molar-refractivity contribution is 0.0707. The van der Waals surface area contributed by atoms with Crippen LogP contribution in [0.3, 0.4) is 0 Å². The average molecular weight is 255 g/mol. The highest BCUT2D eigenvalue weighted by Crippen LogP contribution is 2.22. The molecule has 0 fully saturated rings. The number of halogens is 1. The van der Waals surface area contributed by atoms with Crippen LogP contribution in [0.4, 0.5) is 5.69 Å².